The van der Waals surface area contributed by atoms with E-state index >= 15 is 0 Å². The van der Waals surface area contributed by atoms with E-state index in [1.165, 1.54) is 34.2 Å². The summed E-state index contributed by atoms with van der Waals surface area (Å²) in [4.78, 5) is 12.5. The molecule has 1 aromatic heterocycles. The molecule has 0 spiro atoms. The Morgan fingerprint density at radius 3 is 2.15 bits per heavy atom. The van der Waals surface area contributed by atoms with Crippen molar-refractivity contribution in [3.63, 3.8) is 0 Å². The number of fused-ring (bicyclic) bond motifs is 6. The van der Waals surface area contributed by atoms with Gasteiger partial charge in [-0.2, -0.15) is 0 Å². The summed E-state index contributed by atoms with van der Waals surface area (Å²) in [6, 6.07) is 29.2. The maximum Gasteiger partial charge on any atom is 0.155 e. The van der Waals surface area contributed by atoms with Crippen LogP contribution in [0.1, 0.15) is 56.4 Å². The normalized spacial score (nSPS) is 11.2. The number of benzene rings is 4. The highest BCUT2D eigenvalue weighted by Crippen LogP contribution is 2.39. The minimum Gasteiger partial charge on any atom is -0.456 e. The van der Waals surface area contributed by atoms with Gasteiger partial charge in [-0.1, -0.05) is 107 Å². The molecule has 6 rings (SSSR count). The first-order valence-corrected chi connectivity index (χ1v) is 13.6. The summed E-state index contributed by atoms with van der Waals surface area (Å²) in [5.74, 6) is 0.640. The lowest BCUT2D eigenvalue weighted by Crippen LogP contribution is -1.99. The van der Waals surface area contributed by atoms with Crippen molar-refractivity contribution >= 4 is 41.2 Å². The molecule has 0 aliphatic heterocycles. The molecule has 4 nitrogen and oxygen atoms in total. The first kappa shape index (κ1) is 29.2. The Bertz CT molecular complexity index is 1580. The van der Waals surface area contributed by atoms with Crippen molar-refractivity contribution in [2.75, 3.05) is 7.05 Å². The van der Waals surface area contributed by atoms with E-state index in [1.54, 1.807) is 7.05 Å². The van der Waals surface area contributed by atoms with Crippen LogP contribution in [0.25, 0.3) is 33.1 Å². The first-order chi connectivity index (χ1) is 19.2. The third-order valence-electron chi connectivity index (χ3n) is 6.10. The fraction of sp³-hybridized carbons (Fsp3) is 0.229. The van der Waals surface area contributed by atoms with Gasteiger partial charge >= 0.3 is 0 Å². The molecule has 0 saturated carbocycles. The third kappa shape index (κ3) is 6.40. The molecule has 0 bridgehead atoms. The van der Waals surface area contributed by atoms with E-state index < -0.39 is 0 Å². The second-order valence-electron chi connectivity index (χ2n) is 8.88. The van der Waals surface area contributed by atoms with Gasteiger partial charge in [-0.25, -0.2) is 4.99 Å². The average Bonchev–Trinajstić information content (AvgIpc) is 3.54. The van der Waals surface area contributed by atoms with Crippen LogP contribution in [0.3, 0.4) is 0 Å². The van der Waals surface area contributed by atoms with Crippen molar-refractivity contribution in [2.24, 2.45) is 15.0 Å². The van der Waals surface area contributed by atoms with Crippen molar-refractivity contribution in [3.05, 3.63) is 107 Å². The number of amidine groups is 1. The summed E-state index contributed by atoms with van der Waals surface area (Å²) in [6.45, 7) is 15.7. The summed E-state index contributed by atoms with van der Waals surface area (Å²) in [6.07, 6.45) is 2.23. The van der Waals surface area contributed by atoms with E-state index in [1.807, 2.05) is 50.2 Å². The minimum atomic E-state index is 0.554. The van der Waals surface area contributed by atoms with Gasteiger partial charge in [0, 0.05) is 23.4 Å². The van der Waals surface area contributed by atoms with Crippen LogP contribution in [0.2, 0.25) is 0 Å². The maximum atomic E-state index is 6.03. The van der Waals surface area contributed by atoms with Gasteiger partial charge in [-0.15, -0.1) is 0 Å². The van der Waals surface area contributed by atoms with E-state index in [9.17, 15) is 0 Å². The number of aliphatic imine (C=N–C) groups is 3. The molecule has 4 aromatic carbocycles. The lowest BCUT2D eigenvalue weighted by molar-refractivity contribution is 0.669. The van der Waals surface area contributed by atoms with Crippen molar-refractivity contribution in [2.45, 2.75) is 47.1 Å². The maximum absolute atomic E-state index is 6.03. The number of hydrogen-bond acceptors (Lipinski definition) is 3. The highest BCUT2D eigenvalue weighted by molar-refractivity contribution is 6.18. The predicted molar refractivity (Wildman–Crippen MR) is 171 cm³/mol. The van der Waals surface area contributed by atoms with E-state index in [0.717, 1.165) is 33.9 Å². The molecule has 0 radical (unpaired) electrons. The third-order valence-corrected chi connectivity index (χ3v) is 6.10. The Morgan fingerprint density at radius 1 is 0.795 bits per heavy atom. The second kappa shape index (κ2) is 14.6. The van der Waals surface area contributed by atoms with Crippen LogP contribution in [-0.2, 0) is 13.0 Å². The Kier molecular flexibility index (Phi) is 10.9. The van der Waals surface area contributed by atoms with E-state index in [-0.39, 0.29) is 0 Å². The molecule has 39 heavy (non-hydrogen) atoms. The van der Waals surface area contributed by atoms with Crippen LogP contribution in [0.4, 0.5) is 0 Å². The Hall–Kier alpha value is -4.31. The summed E-state index contributed by atoms with van der Waals surface area (Å²) in [7, 11) is 1.64. The summed E-state index contributed by atoms with van der Waals surface area (Å²) >= 11 is 0. The molecule has 0 atom stereocenters. The van der Waals surface area contributed by atoms with Gasteiger partial charge in [0.05, 0.1) is 6.54 Å². The van der Waals surface area contributed by atoms with Gasteiger partial charge in [0.2, 0.25) is 0 Å². The second-order valence-corrected chi connectivity index (χ2v) is 8.88. The predicted octanol–water partition coefficient (Wildman–Crippen LogP) is 9.56. The molecule has 0 unspecified atom stereocenters. The summed E-state index contributed by atoms with van der Waals surface area (Å²) in [5, 5.41) is 2.10. The highest BCUT2D eigenvalue weighted by Gasteiger charge is 2.21. The molecule has 1 aliphatic carbocycles. The molecule has 200 valence electrons. The topological polar surface area (TPSA) is 50.2 Å². The molecule has 0 amide bonds. The van der Waals surface area contributed by atoms with Crippen LogP contribution in [-0.4, -0.2) is 26.3 Å². The molecular formula is C35H39N3O. The lowest BCUT2D eigenvalue weighted by Gasteiger charge is -2.09. The highest BCUT2D eigenvalue weighted by atomic mass is 16.3. The van der Waals surface area contributed by atoms with Crippen LogP contribution in [0.15, 0.2) is 104 Å². The monoisotopic (exact) mass is 517 g/mol. The average molecular weight is 518 g/mol. The van der Waals surface area contributed by atoms with Crippen molar-refractivity contribution < 1.29 is 4.42 Å². The Balaban J connectivity index is 0.000000475. The first-order valence-electron chi connectivity index (χ1n) is 13.6. The van der Waals surface area contributed by atoms with E-state index in [4.69, 9.17) is 9.41 Å². The molecule has 4 heteroatoms. The van der Waals surface area contributed by atoms with Gasteiger partial charge in [-0.05, 0) is 59.8 Å². The lowest BCUT2D eigenvalue weighted by atomic mass is 9.99. The minimum absolute atomic E-state index is 0.554. The van der Waals surface area contributed by atoms with Crippen LogP contribution < -0.4 is 0 Å². The molecule has 1 heterocycles. The Morgan fingerprint density at radius 2 is 1.41 bits per heavy atom. The summed E-state index contributed by atoms with van der Waals surface area (Å²) < 4.78 is 6.03. The van der Waals surface area contributed by atoms with E-state index in [2.05, 4.69) is 85.8 Å². The zero-order chi connectivity index (χ0) is 28.2. The van der Waals surface area contributed by atoms with Gasteiger partial charge in [0.15, 0.2) is 5.84 Å². The standard InChI is InChI=1S/C28H20N2O.C3H8.C2H5N.C2H6/c1-29-28(23-13-7-15-25-27(23)22-12-4-5-14-24(22)31-25)30-17-20-10-6-9-19-16-18-8-2-3-11-21(18)26(19)20;2*1-3-2;1-2/h2-15H,1,16-17H2;3H2,1-2H3;1H2,2H3;1-2H3. The quantitative estimate of drug-likeness (QED) is 0.170. The number of furan rings is 1. The SMILES string of the molecule is C=NC.C=NC(=NCc1cccc2c1-c1ccccc1C2)c1cccc2oc3ccccc3c12.CC.CCC. The fourth-order valence-electron chi connectivity index (χ4n) is 4.74. The van der Waals surface area contributed by atoms with Crippen LogP contribution >= 0.6 is 0 Å². The van der Waals surface area contributed by atoms with E-state index in [0.29, 0.717) is 12.4 Å². The van der Waals surface area contributed by atoms with Crippen LogP contribution in [0.5, 0.6) is 0 Å². The molecule has 0 saturated heterocycles. The van der Waals surface area contributed by atoms with Gasteiger partial charge in [-0.3, -0.25) is 4.99 Å². The largest absolute Gasteiger partial charge is 0.456 e. The zero-order valence-corrected chi connectivity index (χ0v) is 23.9. The summed E-state index contributed by atoms with van der Waals surface area (Å²) in [5.41, 5.74) is 9.25. The van der Waals surface area contributed by atoms with Crippen molar-refractivity contribution in [3.8, 4) is 11.1 Å². The Labute approximate surface area is 232 Å². The van der Waals surface area contributed by atoms with Crippen LogP contribution in [0, 0.1) is 0 Å². The van der Waals surface area contributed by atoms with Crippen molar-refractivity contribution in [1.82, 2.24) is 0 Å². The van der Waals surface area contributed by atoms with Gasteiger partial charge in [0.25, 0.3) is 0 Å². The number of rotatable bonds is 3. The molecule has 0 fully saturated rings. The number of nitrogens with zero attached hydrogens (tertiary/aromatic N) is 3. The molecule has 0 N–H and O–H groups in total. The zero-order valence-electron chi connectivity index (χ0n) is 23.9. The fourth-order valence-corrected chi connectivity index (χ4v) is 4.74. The number of hydrogen-bond donors (Lipinski definition) is 0. The van der Waals surface area contributed by atoms with Gasteiger partial charge < -0.3 is 9.41 Å². The number of para-hydroxylation sites is 1. The smallest absolute Gasteiger partial charge is 0.155 e. The van der Waals surface area contributed by atoms with Crippen molar-refractivity contribution in [1.29, 1.82) is 0 Å². The molecular weight excluding hydrogens is 478 g/mol. The molecule has 1 aliphatic rings. The van der Waals surface area contributed by atoms with Gasteiger partial charge in [0.1, 0.15) is 11.2 Å². The molecule has 5 aromatic rings.